The van der Waals surface area contributed by atoms with E-state index in [9.17, 15) is 4.79 Å². The van der Waals surface area contributed by atoms with E-state index in [2.05, 4.69) is 17.4 Å². The van der Waals surface area contributed by atoms with Crippen LogP contribution in [0.25, 0.3) is 5.70 Å². The van der Waals surface area contributed by atoms with Gasteiger partial charge < -0.3 is 18.9 Å². The van der Waals surface area contributed by atoms with Gasteiger partial charge in [0.25, 0.3) is 5.91 Å². The van der Waals surface area contributed by atoms with E-state index < -0.39 is 0 Å². The number of nitrogens with one attached hydrogen (secondary N) is 2. The standard InChI is InChI=1S/C19H22N2O5/c1-12(14-8-6-7-9-15(14)23-2)20-21-19(22)13-10-16(24-3)18(26-5)17(11-13)25-4/h6-11,20H,1H2,2-5H3,(H,21,22). The highest BCUT2D eigenvalue weighted by atomic mass is 16.5. The third-order valence-electron chi connectivity index (χ3n) is 3.69. The van der Waals surface area contributed by atoms with Crippen molar-refractivity contribution in [2.24, 2.45) is 0 Å². The maximum atomic E-state index is 12.5. The molecule has 26 heavy (non-hydrogen) atoms. The van der Waals surface area contributed by atoms with Crippen LogP contribution in [0, 0.1) is 0 Å². The van der Waals surface area contributed by atoms with E-state index >= 15 is 0 Å². The van der Waals surface area contributed by atoms with Crippen molar-refractivity contribution in [1.82, 2.24) is 10.9 Å². The zero-order valence-electron chi connectivity index (χ0n) is 15.2. The van der Waals surface area contributed by atoms with Gasteiger partial charge in [0.15, 0.2) is 11.5 Å². The maximum Gasteiger partial charge on any atom is 0.269 e. The second-order valence-electron chi connectivity index (χ2n) is 5.17. The zero-order chi connectivity index (χ0) is 19.1. The lowest BCUT2D eigenvalue weighted by Gasteiger charge is -2.16. The van der Waals surface area contributed by atoms with Crippen molar-refractivity contribution >= 4 is 11.6 Å². The number of hydrogen-bond acceptors (Lipinski definition) is 6. The van der Waals surface area contributed by atoms with E-state index in [1.165, 1.54) is 21.3 Å². The third kappa shape index (κ3) is 4.00. The normalized spacial score (nSPS) is 9.85. The van der Waals surface area contributed by atoms with Gasteiger partial charge in [0.1, 0.15) is 5.75 Å². The van der Waals surface area contributed by atoms with Crippen LogP contribution in [0.15, 0.2) is 43.0 Å². The summed E-state index contributed by atoms with van der Waals surface area (Å²) in [4.78, 5) is 12.5. The molecule has 138 valence electrons. The summed E-state index contributed by atoms with van der Waals surface area (Å²) in [5, 5.41) is 0. The van der Waals surface area contributed by atoms with Crippen molar-refractivity contribution in [3.8, 4) is 23.0 Å². The van der Waals surface area contributed by atoms with E-state index in [4.69, 9.17) is 18.9 Å². The number of para-hydroxylation sites is 1. The second-order valence-corrected chi connectivity index (χ2v) is 5.17. The van der Waals surface area contributed by atoms with Crippen LogP contribution in [0.1, 0.15) is 15.9 Å². The lowest BCUT2D eigenvalue weighted by molar-refractivity contribution is 0.0941. The molecule has 7 heteroatoms. The van der Waals surface area contributed by atoms with Crippen molar-refractivity contribution in [2.75, 3.05) is 28.4 Å². The molecule has 2 rings (SSSR count). The van der Waals surface area contributed by atoms with Crippen molar-refractivity contribution in [1.29, 1.82) is 0 Å². The summed E-state index contributed by atoms with van der Waals surface area (Å²) in [5.41, 5.74) is 6.94. The van der Waals surface area contributed by atoms with Gasteiger partial charge in [0.05, 0.1) is 34.1 Å². The van der Waals surface area contributed by atoms with Crippen molar-refractivity contribution in [3.63, 3.8) is 0 Å². The molecular formula is C19H22N2O5. The molecule has 2 aromatic rings. The molecule has 0 aliphatic carbocycles. The zero-order valence-corrected chi connectivity index (χ0v) is 15.2. The summed E-state index contributed by atoms with van der Waals surface area (Å²) in [6, 6.07) is 10.5. The number of carbonyl (C=O) groups excluding carboxylic acids is 1. The Morgan fingerprint density at radius 3 is 1.96 bits per heavy atom. The van der Waals surface area contributed by atoms with Crippen LogP contribution in [0.4, 0.5) is 0 Å². The van der Waals surface area contributed by atoms with Crippen LogP contribution < -0.4 is 29.8 Å². The fraction of sp³-hybridized carbons (Fsp3) is 0.211. The number of methoxy groups -OCH3 is 4. The quantitative estimate of drug-likeness (QED) is 0.707. The lowest BCUT2D eigenvalue weighted by Crippen LogP contribution is -2.36. The molecule has 7 nitrogen and oxygen atoms in total. The SMILES string of the molecule is C=C(NNC(=O)c1cc(OC)c(OC)c(OC)c1)c1ccccc1OC. The number of hydrazine groups is 1. The average Bonchev–Trinajstić information content (AvgIpc) is 2.70. The van der Waals surface area contributed by atoms with E-state index in [0.717, 1.165) is 5.56 Å². The summed E-state index contributed by atoms with van der Waals surface area (Å²) in [6.45, 7) is 3.92. The molecule has 0 aliphatic heterocycles. The van der Waals surface area contributed by atoms with Crippen molar-refractivity contribution in [2.45, 2.75) is 0 Å². The Morgan fingerprint density at radius 1 is 0.846 bits per heavy atom. The van der Waals surface area contributed by atoms with Gasteiger partial charge in [-0.15, -0.1) is 0 Å². The Bertz CT molecular complexity index is 779. The van der Waals surface area contributed by atoms with Gasteiger partial charge in [0.2, 0.25) is 5.75 Å². The Kier molecular flexibility index (Phi) is 6.32. The minimum Gasteiger partial charge on any atom is -0.496 e. The predicted molar refractivity (Wildman–Crippen MR) is 98.7 cm³/mol. The van der Waals surface area contributed by atoms with Gasteiger partial charge in [0, 0.05) is 11.1 Å². The number of carbonyl (C=O) groups is 1. The van der Waals surface area contributed by atoms with E-state index in [-0.39, 0.29) is 5.91 Å². The molecule has 0 saturated heterocycles. The molecule has 0 unspecified atom stereocenters. The largest absolute Gasteiger partial charge is 0.496 e. The fourth-order valence-corrected chi connectivity index (χ4v) is 2.38. The second kappa shape index (κ2) is 8.66. The first-order chi connectivity index (χ1) is 12.5. The van der Waals surface area contributed by atoms with Crippen molar-refractivity contribution in [3.05, 3.63) is 54.1 Å². The molecule has 0 bridgehead atoms. The van der Waals surface area contributed by atoms with Crippen LogP contribution >= 0.6 is 0 Å². The molecule has 0 fully saturated rings. The number of rotatable bonds is 8. The minimum absolute atomic E-state index is 0.333. The maximum absolute atomic E-state index is 12.5. The molecule has 1 amide bonds. The average molecular weight is 358 g/mol. The molecule has 0 atom stereocenters. The van der Waals surface area contributed by atoms with E-state index in [0.29, 0.717) is 34.3 Å². The van der Waals surface area contributed by atoms with E-state index in [1.807, 2.05) is 24.3 Å². The number of benzene rings is 2. The first-order valence-corrected chi connectivity index (χ1v) is 7.74. The monoisotopic (exact) mass is 358 g/mol. The molecule has 0 heterocycles. The Hall–Kier alpha value is -3.35. The Balaban J connectivity index is 2.16. The van der Waals surface area contributed by atoms with Gasteiger partial charge in [-0.2, -0.15) is 0 Å². The smallest absolute Gasteiger partial charge is 0.269 e. The van der Waals surface area contributed by atoms with Crippen LogP contribution in [0.2, 0.25) is 0 Å². The summed E-state index contributed by atoms with van der Waals surface area (Å²) in [7, 11) is 6.04. The Morgan fingerprint density at radius 2 is 1.42 bits per heavy atom. The third-order valence-corrected chi connectivity index (χ3v) is 3.69. The number of ether oxygens (including phenoxy) is 4. The molecule has 2 aromatic carbocycles. The van der Waals surface area contributed by atoms with Gasteiger partial charge in [-0.25, -0.2) is 0 Å². The minimum atomic E-state index is -0.389. The fourth-order valence-electron chi connectivity index (χ4n) is 2.38. The topological polar surface area (TPSA) is 78.1 Å². The molecule has 0 aromatic heterocycles. The first kappa shape index (κ1) is 19.0. The van der Waals surface area contributed by atoms with Gasteiger partial charge in [-0.1, -0.05) is 18.7 Å². The number of amides is 1. The molecule has 0 aliphatic rings. The summed E-state index contributed by atoms with van der Waals surface area (Å²) in [6.07, 6.45) is 0. The summed E-state index contributed by atoms with van der Waals surface area (Å²) >= 11 is 0. The van der Waals surface area contributed by atoms with Crippen LogP contribution in [-0.2, 0) is 0 Å². The molecular weight excluding hydrogens is 336 g/mol. The first-order valence-electron chi connectivity index (χ1n) is 7.74. The van der Waals surface area contributed by atoms with Gasteiger partial charge in [-0.3, -0.25) is 15.6 Å². The van der Waals surface area contributed by atoms with Crippen LogP contribution in [0.3, 0.4) is 0 Å². The van der Waals surface area contributed by atoms with Crippen molar-refractivity contribution < 1.29 is 23.7 Å². The van der Waals surface area contributed by atoms with Gasteiger partial charge >= 0.3 is 0 Å². The highest BCUT2D eigenvalue weighted by Gasteiger charge is 2.17. The van der Waals surface area contributed by atoms with Gasteiger partial charge in [-0.05, 0) is 24.3 Å². The molecule has 2 N–H and O–H groups in total. The van der Waals surface area contributed by atoms with E-state index in [1.54, 1.807) is 19.2 Å². The highest BCUT2D eigenvalue weighted by molar-refractivity contribution is 5.95. The highest BCUT2D eigenvalue weighted by Crippen LogP contribution is 2.38. The number of hydrogen-bond donors (Lipinski definition) is 2. The Labute approximate surface area is 152 Å². The van der Waals surface area contributed by atoms with Crippen LogP contribution in [-0.4, -0.2) is 34.3 Å². The summed E-state index contributed by atoms with van der Waals surface area (Å²) < 4.78 is 21.0. The van der Waals surface area contributed by atoms with Crippen LogP contribution in [0.5, 0.6) is 23.0 Å². The summed E-state index contributed by atoms with van der Waals surface area (Å²) in [5.74, 6) is 1.45. The predicted octanol–water partition coefficient (Wildman–Crippen LogP) is 2.63. The molecule has 0 saturated carbocycles. The lowest BCUT2D eigenvalue weighted by atomic mass is 10.1. The molecule has 0 spiro atoms. The molecule has 0 radical (unpaired) electrons.